The van der Waals surface area contributed by atoms with E-state index >= 15 is 0 Å². The molecule has 2 rings (SSSR count). The molecule has 0 aliphatic rings. The van der Waals surface area contributed by atoms with E-state index in [4.69, 9.17) is 9.47 Å². The molecule has 162 valence electrons. The number of benzene rings is 2. The minimum atomic E-state index is -5.23. The van der Waals surface area contributed by atoms with Crippen LogP contribution in [0, 0.1) is 0 Å². The molecule has 0 radical (unpaired) electrons. The van der Waals surface area contributed by atoms with E-state index in [0.717, 1.165) is 0 Å². The van der Waals surface area contributed by atoms with E-state index in [1.54, 1.807) is 5.32 Å². The van der Waals surface area contributed by atoms with Crippen LogP contribution in [0.4, 0.5) is 18.9 Å². The number of esters is 1. The number of nitrogens with one attached hydrogen (secondary N) is 2. The van der Waals surface area contributed by atoms with Crippen molar-refractivity contribution in [2.75, 3.05) is 26.1 Å². The van der Waals surface area contributed by atoms with Crippen LogP contribution in [0.5, 0.6) is 11.5 Å². The summed E-state index contributed by atoms with van der Waals surface area (Å²) in [5.41, 5.74) is -3.71. The molecular formula is C20H21F3N2O5. The van der Waals surface area contributed by atoms with Gasteiger partial charge in [0.25, 0.3) is 5.91 Å². The number of alkyl halides is 3. The lowest BCUT2D eigenvalue weighted by Crippen LogP contribution is -2.69. The van der Waals surface area contributed by atoms with Gasteiger partial charge in [0.2, 0.25) is 0 Å². The Morgan fingerprint density at radius 1 is 0.900 bits per heavy atom. The van der Waals surface area contributed by atoms with Crippen LogP contribution in [0.25, 0.3) is 0 Å². The number of ether oxygens (including phenoxy) is 3. The van der Waals surface area contributed by atoms with Gasteiger partial charge in [-0.25, -0.2) is 4.79 Å². The van der Waals surface area contributed by atoms with Gasteiger partial charge < -0.3 is 24.8 Å². The molecule has 2 aromatic rings. The number of amides is 1. The van der Waals surface area contributed by atoms with Crippen molar-refractivity contribution in [2.24, 2.45) is 0 Å². The van der Waals surface area contributed by atoms with Crippen molar-refractivity contribution in [1.82, 2.24) is 5.32 Å². The van der Waals surface area contributed by atoms with Crippen LogP contribution in [-0.4, -0.2) is 44.5 Å². The summed E-state index contributed by atoms with van der Waals surface area (Å²) in [6, 6.07) is 10.7. The molecule has 0 unspecified atom stereocenters. The number of halogens is 3. The number of carbonyl (C=O) groups is 2. The summed E-state index contributed by atoms with van der Waals surface area (Å²) in [6.45, 7) is 1.04. The third kappa shape index (κ3) is 4.94. The maximum atomic E-state index is 14.2. The van der Waals surface area contributed by atoms with Crippen molar-refractivity contribution < 1.29 is 37.0 Å². The smallest absolute Gasteiger partial charge is 0.441 e. The zero-order valence-corrected chi connectivity index (χ0v) is 16.5. The van der Waals surface area contributed by atoms with E-state index in [0.29, 0.717) is 11.5 Å². The third-order valence-corrected chi connectivity index (χ3v) is 4.08. The van der Waals surface area contributed by atoms with Crippen molar-refractivity contribution in [1.29, 1.82) is 0 Å². The Hall–Kier alpha value is -3.43. The molecule has 30 heavy (non-hydrogen) atoms. The number of hydrogen-bond donors (Lipinski definition) is 2. The summed E-state index contributed by atoms with van der Waals surface area (Å²) < 4.78 is 57.0. The number of rotatable bonds is 8. The van der Waals surface area contributed by atoms with E-state index in [1.807, 2.05) is 0 Å². The molecular weight excluding hydrogens is 405 g/mol. The fraction of sp³-hybridized carbons (Fsp3) is 0.300. The van der Waals surface area contributed by atoms with Crippen molar-refractivity contribution in [2.45, 2.75) is 18.8 Å². The van der Waals surface area contributed by atoms with Crippen LogP contribution in [-0.2, 0) is 9.53 Å². The van der Waals surface area contributed by atoms with E-state index in [1.165, 1.54) is 69.7 Å². The Bertz CT molecular complexity index is 870. The van der Waals surface area contributed by atoms with Gasteiger partial charge in [0.1, 0.15) is 11.5 Å². The van der Waals surface area contributed by atoms with Crippen LogP contribution in [0.15, 0.2) is 48.5 Å². The van der Waals surface area contributed by atoms with Gasteiger partial charge in [-0.3, -0.25) is 4.79 Å². The third-order valence-electron chi connectivity index (χ3n) is 4.08. The van der Waals surface area contributed by atoms with Gasteiger partial charge in [-0.1, -0.05) is 0 Å². The highest BCUT2D eigenvalue weighted by atomic mass is 19.4. The molecule has 0 fully saturated rings. The lowest BCUT2D eigenvalue weighted by Gasteiger charge is -2.35. The predicted molar refractivity (Wildman–Crippen MR) is 102 cm³/mol. The maximum Gasteiger partial charge on any atom is 0.441 e. The van der Waals surface area contributed by atoms with Crippen molar-refractivity contribution in [3.63, 3.8) is 0 Å². The highest BCUT2D eigenvalue weighted by Crippen LogP contribution is 2.34. The number of anilines is 1. The molecule has 0 saturated carbocycles. The maximum absolute atomic E-state index is 14.2. The SMILES string of the molecule is CCOC(=O)[C@](NC(=O)c1ccc(OC)cc1)(Nc1ccc(OC)cc1)C(F)(F)F. The molecule has 0 aromatic heterocycles. The van der Waals surface area contributed by atoms with Crippen molar-refractivity contribution in [3.8, 4) is 11.5 Å². The molecule has 7 nitrogen and oxygen atoms in total. The van der Waals surface area contributed by atoms with Crippen LogP contribution < -0.4 is 20.1 Å². The van der Waals surface area contributed by atoms with Crippen LogP contribution in [0.2, 0.25) is 0 Å². The van der Waals surface area contributed by atoms with Crippen LogP contribution >= 0.6 is 0 Å². The zero-order chi connectivity index (χ0) is 22.4. The van der Waals surface area contributed by atoms with Crippen LogP contribution in [0.1, 0.15) is 17.3 Å². The van der Waals surface area contributed by atoms with E-state index in [-0.39, 0.29) is 17.9 Å². The normalized spacial score (nSPS) is 13.0. The quantitative estimate of drug-likeness (QED) is 0.497. The van der Waals surface area contributed by atoms with E-state index < -0.39 is 23.7 Å². The average molecular weight is 426 g/mol. The van der Waals surface area contributed by atoms with Gasteiger partial charge >= 0.3 is 17.8 Å². The van der Waals surface area contributed by atoms with Gasteiger partial charge in [0.15, 0.2) is 0 Å². The summed E-state index contributed by atoms with van der Waals surface area (Å²) in [5.74, 6) is -2.02. The van der Waals surface area contributed by atoms with Gasteiger partial charge in [-0.15, -0.1) is 0 Å². The zero-order valence-electron chi connectivity index (χ0n) is 16.5. The first-order valence-corrected chi connectivity index (χ1v) is 8.79. The number of carbonyl (C=O) groups excluding carboxylic acids is 2. The molecule has 0 bridgehead atoms. The number of hydrogen-bond acceptors (Lipinski definition) is 6. The van der Waals surface area contributed by atoms with E-state index in [9.17, 15) is 22.8 Å². The first kappa shape index (κ1) is 22.9. The largest absolute Gasteiger partial charge is 0.497 e. The van der Waals surface area contributed by atoms with Crippen molar-refractivity contribution in [3.05, 3.63) is 54.1 Å². The summed E-state index contributed by atoms with van der Waals surface area (Å²) in [4.78, 5) is 25.0. The second-order valence-electron chi connectivity index (χ2n) is 6.00. The molecule has 1 amide bonds. The molecule has 2 N–H and O–H groups in total. The van der Waals surface area contributed by atoms with Crippen LogP contribution in [0.3, 0.4) is 0 Å². The Morgan fingerprint density at radius 3 is 1.83 bits per heavy atom. The first-order valence-electron chi connectivity index (χ1n) is 8.79. The van der Waals surface area contributed by atoms with Gasteiger partial charge in [-0.2, -0.15) is 13.2 Å². The molecule has 0 saturated heterocycles. The highest BCUT2D eigenvalue weighted by molar-refractivity contribution is 5.99. The molecule has 0 spiro atoms. The summed E-state index contributed by atoms with van der Waals surface area (Å²) >= 11 is 0. The molecule has 10 heteroatoms. The Kier molecular flexibility index (Phi) is 7.14. The van der Waals surface area contributed by atoms with Gasteiger partial charge in [0, 0.05) is 11.3 Å². The van der Waals surface area contributed by atoms with Gasteiger partial charge in [0.05, 0.1) is 20.8 Å². The predicted octanol–water partition coefficient (Wildman–Crippen LogP) is 3.37. The lowest BCUT2D eigenvalue weighted by molar-refractivity contribution is -0.204. The molecule has 1 atom stereocenters. The lowest BCUT2D eigenvalue weighted by atomic mass is 10.1. The topological polar surface area (TPSA) is 85.9 Å². The molecule has 0 aliphatic carbocycles. The fourth-order valence-corrected chi connectivity index (χ4v) is 2.51. The fourth-order valence-electron chi connectivity index (χ4n) is 2.51. The highest BCUT2D eigenvalue weighted by Gasteiger charge is 2.63. The molecule has 0 heterocycles. The minimum Gasteiger partial charge on any atom is -0.497 e. The first-order chi connectivity index (χ1) is 14.2. The summed E-state index contributed by atoms with van der Waals surface area (Å²) in [5, 5.41) is 3.84. The van der Waals surface area contributed by atoms with Gasteiger partial charge in [-0.05, 0) is 55.5 Å². The Balaban J connectivity index is 2.46. The molecule has 2 aromatic carbocycles. The average Bonchev–Trinajstić information content (AvgIpc) is 2.73. The second kappa shape index (κ2) is 9.38. The minimum absolute atomic E-state index is 0.0868. The van der Waals surface area contributed by atoms with Crippen molar-refractivity contribution >= 4 is 17.6 Å². The summed E-state index contributed by atoms with van der Waals surface area (Å²) in [7, 11) is 2.80. The second-order valence-corrected chi connectivity index (χ2v) is 6.00. The Morgan fingerprint density at radius 2 is 1.40 bits per heavy atom. The summed E-state index contributed by atoms with van der Waals surface area (Å²) in [6.07, 6.45) is -5.23. The Labute approximate surface area is 171 Å². The van der Waals surface area contributed by atoms with E-state index in [2.05, 4.69) is 10.1 Å². The monoisotopic (exact) mass is 426 g/mol. The standard InChI is InChI=1S/C20H21F3N2O5/c1-4-30-18(27)19(20(21,22)23,24-14-7-11-16(29-3)12-8-14)25-17(26)13-5-9-15(28-2)10-6-13/h5-12,24H,4H2,1-3H3,(H,25,26)/t19-/m1/s1. The molecule has 0 aliphatic heterocycles. The number of methoxy groups -OCH3 is 2.